The lowest BCUT2D eigenvalue weighted by atomic mass is 9.82. The zero-order valence-electron chi connectivity index (χ0n) is 12.0. The lowest BCUT2D eigenvalue weighted by molar-refractivity contribution is 0.0691. The first kappa shape index (κ1) is 15.4. The molecule has 0 aromatic carbocycles. The molecule has 1 aromatic rings. The number of hydrogen-bond acceptors (Lipinski definition) is 3. The van der Waals surface area contributed by atoms with Crippen molar-refractivity contribution in [2.24, 2.45) is 5.41 Å². The molecule has 0 unspecified atom stereocenters. The van der Waals surface area contributed by atoms with E-state index in [-0.39, 0.29) is 22.3 Å². The molecule has 19 heavy (non-hydrogen) atoms. The zero-order chi connectivity index (χ0) is 14.8. The number of halogens is 1. The number of nitrogens with zero attached hydrogens (tertiary/aromatic N) is 1. The van der Waals surface area contributed by atoms with Crippen molar-refractivity contribution < 1.29 is 14.3 Å². The molecule has 0 bridgehead atoms. The van der Waals surface area contributed by atoms with Crippen LogP contribution in [0.1, 0.15) is 51.4 Å². The fraction of sp³-hybridized carbons (Fsp3) is 0.571. The maximum Gasteiger partial charge on any atom is 0.338 e. The van der Waals surface area contributed by atoms with E-state index >= 15 is 0 Å². The van der Waals surface area contributed by atoms with Gasteiger partial charge in [-0.25, -0.2) is 14.2 Å². The third kappa shape index (κ3) is 4.50. The molecular weight excluding hydrogens is 247 g/mol. The quantitative estimate of drug-likeness (QED) is 0.876. The molecular formula is C14H21FN2O2. The smallest absolute Gasteiger partial charge is 0.338 e. The molecule has 0 aliphatic carbocycles. The minimum atomic E-state index is -1.29. The summed E-state index contributed by atoms with van der Waals surface area (Å²) in [6, 6.07) is 1.15. The number of carbonyl (C=O) groups is 1. The highest BCUT2D eigenvalue weighted by Gasteiger charge is 2.27. The van der Waals surface area contributed by atoms with E-state index in [1.807, 2.05) is 13.8 Å². The standard InChI is InChI=1S/C14H21FN2O2/c1-13(2,3)8-14(4,5)17-11-10(15)9(12(18)19)6-7-16-11/h6-7H,8H2,1-5H3,(H,16,17)(H,18,19). The Kier molecular flexibility index (Phi) is 4.18. The van der Waals surface area contributed by atoms with E-state index in [0.29, 0.717) is 0 Å². The number of carboxylic acids is 1. The van der Waals surface area contributed by atoms with Crippen molar-refractivity contribution in [3.05, 3.63) is 23.6 Å². The molecule has 0 aliphatic heterocycles. The molecule has 0 fully saturated rings. The Morgan fingerprint density at radius 1 is 1.37 bits per heavy atom. The third-order valence-electron chi connectivity index (χ3n) is 2.55. The minimum absolute atomic E-state index is 0.0193. The van der Waals surface area contributed by atoms with Gasteiger partial charge in [-0.05, 0) is 31.7 Å². The molecule has 1 heterocycles. The number of rotatable bonds is 4. The Morgan fingerprint density at radius 2 is 1.95 bits per heavy atom. The summed E-state index contributed by atoms with van der Waals surface area (Å²) in [5.41, 5.74) is -0.690. The number of aromatic nitrogens is 1. The van der Waals surface area contributed by atoms with Crippen molar-refractivity contribution in [1.29, 1.82) is 0 Å². The number of aromatic carboxylic acids is 1. The van der Waals surface area contributed by atoms with Crippen LogP contribution in [0, 0.1) is 11.2 Å². The molecule has 0 radical (unpaired) electrons. The Morgan fingerprint density at radius 3 is 2.42 bits per heavy atom. The fourth-order valence-electron chi connectivity index (χ4n) is 2.39. The molecule has 2 N–H and O–H groups in total. The number of hydrogen-bond donors (Lipinski definition) is 2. The van der Waals surface area contributed by atoms with Gasteiger partial charge in [0.1, 0.15) is 5.56 Å². The topological polar surface area (TPSA) is 62.2 Å². The second-order valence-corrected chi connectivity index (χ2v) is 6.57. The van der Waals surface area contributed by atoms with Crippen molar-refractivity contribution in [2.45, 2.75) is 46.6 Å². The molecule has 0 amide bonds. The summed E-state index contributed by atoms with van der Waals surface area (Å²) in [5, 5.41) is 11.9. The van der Waals surface area contributed by atoms with Gasteiger partial charge in [0, 0.05) is 11.7 Å². The van der Waals surface area contributed by atoms with Gasteiger partial charge in [-0.3, -0.25) is 0 Å². The van der Waals surface area contributed by atoms with Gasteiger partial charge in [-0.2, -0.15) is 0 Å². The predicted octanol–water partition coefficient (Wildman–Crippen LogP) is 3.55. The predicted molar refractivity (Wildman–Crippen MR) is 72.9 cm³/mol. The SMILES string of the molecule is CC(C)(C)CC(C)(C)Nc1nccc(C(=O)O)c1F. The maximum atomic E-state index is 14.0. The molecule has 0 saturated heterocycles. The Bertz CT molecular complexity index is 479. The summed E-state index contributed by atoms with van der Waals surface area (Å²) in [4.78, 5) is 14.8. The van der Waals surface area contributed by atoms with Crippen LogP contribution in [0.5, 0.6) is 0 Å². The van der Waals surface area contributed by atoms with E-state index in [0.717, 1.165) is 12.5 Å². The minimum Gasteiger partial charge on any atom is -0.478 e. The van der Waals surface area contributed by atoms with Gasteiger partial charge in [0.05, 0.1) is 0 Å². The van der Waals surface area contributed by atoms with E-state index in [4.69, 9.17) is 5.11 Å². The molecule has 106 valence electrons. The summed E-state index contributed by atoms with van der Waals surface area (Å²) >= 11 is 0. The first-order valence-corrected chi connectivity index (χ1v) is 6.18. The molecule has 0 aliphatic rings. The van der Waals surface area contributed by atoms with E-state index < -0.39 is 11.8 Å². The van der Waals surface area contributed by atoms with Gasteiger partial charge in [-0.15, -0.1) is 0 Å². The van der Waals surface area contributed by atoms with Crippen molar-refractivity contribution in [2.75, 3.05) is 5.32 Å². The van der Waals surface area contributed by atoms with E-state index in [1.54, 1.807) is 0 Å². The van der Waals surface area contributed by atoms with Gasteiger partial charge in [-0.1, -0.05) is 20.8 Å². The largest absolute Gasteiger partial charge is 0.478 e. The average Bonchev–Trinajstić information content (AvgIpc) is 2.16. The summed E-state index contributed by atoms with van der Waals surface area (Å²) in [6.45, 7) is 10.1. The van der Waals surface area contributed by atoms with Crippen LogP contribution in [0.25, 0.3) is 0 Å². The van der Waals surface area contributed by atoms with E-state index in [9.17, 15) is 9.18 Å². The van der Waals surface area contributed by atoms with Crippen LogP contribution in [0.2, 0.25) is 0 Å². The van der Waals surface area contributed by atoms with Crippen LogP contribution in [0.4, 0.5) is 10.2 Å². The summed E-state index contributed by atoms with van der Waals surface area (Å²) < 4.78 is 14.0. The first-order chi connectivity index (χ1) is 8.52. The number of pyridine rings is 1. The average molecular weight is 268 g/mol. The molecule has 0 spiro atoms. The van der Waals surface area contributed by atoms with E-state index in [1.165, 1.54) is 6.20 Å². The zero-order valence-corrected chi connectivity index (χ0v) is 12.0. The number of nitrogens with one attached hydrogen (secondary N) is 1. The van der Waals surface area contributed by atoms with Crippen LogP contribution < -0.4 is 5.32 Å². The Labute approximate surface area is 113 Å². The van der Waals surface area contributed by atoms with Gasteiger partial charge in [0.15, 0.2) is 11.6 Å². The molecule has 4 nitrogen and oxygen atoms in total. The summed E-state index contributed by atoms with van der Waals surface area (Å²) in [5.74, 6) is -2.14. The first-order valence-electron chi connectivity index (χ1n) is 6.18. The number of carboxylic acid groups (broad SMARTS) is 1. The Hall–Kier alpha value is -1.65. The lowest BCUT2D eigenvalue weighted by Gasteiger charge is -2.33. The highest BCUT2D eigenvalue weighted by atomic mass is 19.1. The van der Waals surface area contributed by atoms with Crippen molar-refractivity contribution in [3.63, 3.8) is 0 Å². The summed E-state index contributed by atoms with van der Waals surface area (Å²) in [6.07, 6.45) is 2.08. The second-order valence-electron chi connectivity index (χ2n) is 6.57. The summed E-state index contributed by atoms with van der Waals surface area (Å²) in [7, 11) is 0. The van der Waals surface area contributed by atoms with Gasteiger partial charge in [0.2, 0.25) is 0 Å². The van der Waals surface area contributed by atoms with Crippen molar-refractivity contribution in [3.8, 4) is 0 Å². The fourth-order valence-corrected chi connectivity index (χ4v) is 2.39. The third-order valence-corrected chi connectivity index (χ3v) is 2.55. The second kappa shape index (κ2) is 5.15. The molecule has 1 rings (SSSR count). The molecule has 0 saturated carbocycles. The lowest BCUT2D eigenvalue weighted by Crippen LogP contribution is -2.36. The van der Waals surface area contributed by atoms with Gasteiger partial charge in [0.25, 0.3) is 0 Å². The van der Waals surface area contributed by atoms with E-state index in [2.05, 4.69) is 31.1 Å². The Balaban J connectivity index is 3.00. The van der Waals surface area contributed by atoms with Crippen LogP contribution in [0.15, 0.2) is 12.3 Å². The van der Waals surface area contributed by atoms with Gasteiger partial charge < -0.3 is 10.4 Å². The highest BCUT2D eigenvalue weighted by Crippen LogP contribution is 2.30. The monoisotopic (exact) mass is 268 g/mol. The van der Waals surface area contributed by atoms with Crippen LogP contribution in [-0.2, 0) is 0 Å². The van der Waals surface area contributed by atoms with Crippen molar-refractivity contribution >= 4 is 11.8 Å². The number of anilines is 1. The molecule has 1 aromatic heterocycles. The normalized spacial score (nSPS) is 12.3. The highest BCUT2D eigenvalue weighted by molar-refractivity contribution is 5.88. The van der Waals surface area contributed by atoms with Crippen molar-refractivity contribution in [1.82, 2.24) is 4.98 Å². The van der Waals surface area contributed by atoms with Crippen LogP contribution >= 0.6 is 0 Å². The maximum absolute atomic E-state index is 14.0. The van der Waals surface area contributed by atoms with Crippen LogP contribution in [0.3, 0.4) is 0 Å². The van der Waals surface area contributed by atoms with Gasteiger partial charge >= 0.3 is 5.97 Å². The molecule has 0 atom stereocenters. The van der Waals surface area contributed by atoms with Crippen LogP contribution in [-0.4, -0.2) is 21.6 Å². The molecule has 5 heteroatoms.